The number of ether oxygens (including phenoxy) is 2. The molecule has 0 spiro atoms. The van der Waals surface area contributed by atoms with Crippen LogP contribution in [0.5, 0.6) is 11.5 Å². The highest BCUT2D eigenvalue weighted by Crippen LogP contribution is 2.16. The van der Waals surface area contributed by atoms with E-state index in [1.165, 1.54) is 31.5 Å². The number of pyridine rings is 1. The lowest BCUT2D eigenvalue weighted by molar-refractivity contribution is -0.122. The van der Waals surface area contributed by atoms with Gasteiger partial charge in [0.2, 0.25) is 5.43 Å². The molecular formula is C18H22N2O6S. The second-order valence-corrected chi connectivity index (χ2v) is 8.00. The SMILES string of the molecule is COc1ccc(S(=O)(=O)CCNC(=O)COc2cn(C)c(C)cc2=O)cc1. The summed E-state index contributed by atoms with van der Waals surface area (Å²) in [4.78, 5) is 23.8. The van der Waals surface area contributed by atoms with Crippen molar-refractivity contribution in [3.63, 3.8) is 0 Å². The van der Waals surface area contributed by atoms with Crippen molar-refractivity contribution in [2.45, 2.75) is 11.8 Å². The van der Waals surface area contributed by atoms with Crippen molar-refractivity contribution >= 4 is 15.7 Å². The van der Waals surface area contributed by atoms with Crippen LogP contribution in [0.15, 0.2) is 46.2 Å². The molecule has 1 N–H and O–H groups in total. The summed E-state index contributed by atoms with van der Waals surface area (Å²) < 4.78 is 36.4. The Morgan fingerprint density at radius 2 is 1.89 bits per heavy atom. The molecule has 0 aliphatic rings. The number of benzene rings is 1. The van der Waals surface area contributed by atoms with Crippen molar-refractivity contribution in [3.8, 4) is 11.5 Å². The Bertz CT molecular complexity index is 964. The van der Waals surface area contributed by atoms with Gasteiger partial charge in [0.25, 0.3) is 5.91 Å². The van der Waals surface area contributed by atoms with Gasteiger partial charge in [0.1, 0.15) is 5.75 Å². The highest BCUT2D eigenvalue weighted by Gasteiger charge is 2.15. The minimum absolute atomic E-state index is 0.0594. The predicted molar refractivity (Wildman–Crippen MR) is 100.0 cm³/mol. The van der Waals surface area contributed by atoms with Crippen LogP contribution in [0.3, 0.4) is 0 Å². The van der Waals surface area contributed by atoms with Gasteiger partial charge in [0.05, 0.1) is 17.8 Å². The Balaban J connectivity index is 1.85. The van der Waals surface area contributed by atoms with E-state index in [2.05, 4.69) is 5.32 Å². The normalized spacial score (nSPS) is 11.1. The van der Waals surface area contributed by atoms with Gasteiger partial charge in [-0.3, -0.25) is 9.59 Å². The molecule has 1 amide bonds. The number of amides is 1. The molecule has 1 aromatic carbocycles. The number of aryl methyl sites for hydroxylation is 2. The molecule has 0 aliphatic heterocycles. The molecule has 0 unspecified atom stereocenters. The van der Waals surface area contributed by atoms with E-state index in [-0.39, 0.29) is 35.0 Å². The van der Waals surface area contributed by atoms with Gasteiger partial charge in [-0.1, -0.05) is 0 Å². The van der Waals surface area contributed by atoms with E-state index >= 15 is 0 Å². The molecule has 1 aromatic heterocycles. The van der Waals surface area contributed by atoms with Gasteiger partial charge in [-0.15, -0.1) is 0 Å². The number of aromatic nitrogens is 1. The molecule has 0 radical (unpaired) electrons. The summed E-state index contributed by atoms with van der Waals surface area (Å²) in [6.45, 7) is 1.34. The molecular weight excluding hydrogens is 372 g/mol. The summed E-state index contributed by atoms with van der Waals surface area (Å²) in [6, 6.07) is 7.43. The van der Waals surface area contributed by atoms with Gasteiger partial charge in [-0.25, -0.2) is 8.42 Å². The van der Waals surface area contributed by atoms with Crippen LogP contribution in [0.1, 0.15) is 5.69 Å². The fourth-order valence-corrected chi connectivity index (χ4v) is 3.39. The molecule has 0 atom stereocenters. The standard InChI is InChI=1S/C18H22N2O6S/c1-13-10-16(21)17(11-20(13)2)26-12-18(22)19-8-9-27(23,24)15-6-4-14(25-3)5-7-15/h4-7,10-11H,8-9,12H2,1-3H3,(H,19,22). The van der Waals surface area contributed by atoms with Gasteiger partial charge < -0.3 is 19.4 Å². The fraction of sp³-hybridized carbons (Fsp3) is 0.333. The van der Waals surface area contributed by atoms with E-state index in [0.29, 0.717) is 5.75 Å². The highest BCUT2D eigenvalue weighted by atomic mass is 32.2. The molecule has 8 nitrogen and oxygen atoms in total. The third kappa shape index (κ3) is 5.58. The largest absolute Gasteiger partial charge is 0.497 e. The quantitative estimate of drug-likeness (QED) is 0.706. The Morgan fingerprint density at radius 1 is 1.22 bits per heavy atom. The van der Waals surface area contributed by atoms with Crippen molar-refractivity contribution in [2.75, 3.05) is 26.0 Å². The zero-order valence-electron chi connectivity index (χ0n) is 15.4. The number of hydrogen-bond donors (Lipinski definition) is 1. The van der Waals surface area contributed by atoms with Crippen LogP contribution < -0.4 is 20.2 Å². The minimum Gasteiger partial charge on any atom is -0.497 e. The van der Waals surface area contributed by atoms with Crippen LogP contribution >= 0.6 is 0 Å². The maximum atomic E-state index is 12.2. The molecule has 0 aliphatic carbocycles. The van der Waals surface area contributed by atoms with Crippen LogP contribution in [-0.4, -0.2) is 44.9 Å². The summed E-state index contributed by atoms with van der Waals surface area (Å²) in [5.74, 6) is -0.148. The second-order valence-electron chi connectivity index (χ2n) is 5.89. The second kappa shape index (κ2) is 8.72. The lowest BCUT2D eigenvalue weighted by Crippen LogP contribution is -2.33. The molecule has 2 rings (SSSR count). The molecule has 27 heavy (non-hydrogen) atoms. The smallest absolute Gasteiger partial charge is 0.257 e. The maximum Gasteiger partial charge on any atom is 0.257 e. The van der Waals surface area contributed by atoms with E-state index in [4.69, 9.17) is 9.47 Å². The first-order valence-corrected chi connectivity index (χ1v) is 9.82. The van der Waals surface area contributed by atoms with Crippen LogP contribution in [-0.2, 0) is 21.7 Å². The summed E-state index contributed by atoms with van der Waals surface area (Å²) in [6.07, 6.45) is 1.50. The van der Waals surface area contributed by atoms with E-state index in [9.17, 15) is 18.0 Å². The number of sulfone groups is 1. The van der Waals surface area contributed by atoms with Crippen molar-refractivity contribution in [3.05, 3.63) is 52.4 Å². The van der Waals surface area contributed by atoms with Crippen LogP contribution in [0.2, 0.25) is 0 Å². The average Bonchev–Trinajstić information content (AvgIpc) is 2.63. The van der Waals surface area contributed by atoms with Crippen molar-refractivity contribution in [2.24, 2.45) is 7.05 Å². The molecule has 1 heterocycles. The molecule has 9 heteroatoms. The maximum absolute atomic E-state index is 12.2. The lowest BCUT2D eigenvalue weighted by Gasteiger charge is -2.10. The molecule has 0 saturated carbocycles. The van der Waals surface area contributed by atoms with Crippen LogP contribution in [0, 0.1) is 6.92 Å². The monoisotopic (exact) mass is 394 g/mol. The zero-order valence-corrected chi connectivity index (χ0v) is 16.2. The number of nitrogens with one attached hydrogen (secondary N) is 1. The molecule has 0 bridgehead atoms. The summed E-state index contributed by atoms with van der Waals surface area (Å²) in [5, 5.41) is 2.47. The zero-order chi connectivity index (χ0) is 20.0. The van der Waals surface area contributed by atoms with Gasteiger partial charge in [-0.2, -0.15) is 0 Å². The molecule has 0 fully saturated rings. The van der Waals surface area contributed by atoms with Crippen molar-refractivity contribution in [1.29, 1.82) is 0 Å². The van der Waals surface area contributed by atoms with E-state index in [1.807, 2.05) is 0 Å². The Hall–Kier alpha value is -2.81. The first-order chi connectivity index (χ1) is 12.7. The average molecular weight is 394 g/mol. The summed E-state index contributed by atoms with van der Waals surface area (Å²) in [7, 11) is -0.280. The highest BCUT2D eigenvalue weighted by molar-refractivity contribution is 7.91. The van der Waals surface area contributed by atoms with Crippen molar-refractivity contribution in [1.82, 2.24) is 9.88 Å². The van der Waals surface area contributed by atoms with Gasteiger partial charge in [0.15, 0.2) is 22.2 Å². The fourth-order valence-electron chi connectivity index (χ4n) is 2.23. The number of carbonyl (C=O) groups excluding carboxylic acids is 1. The molecule has 146 valence electrons. The van der Waals surface area contributed by atoms with E-state index < -0.39 is 15.7 Å². The first-order valence-electron chi connectivity index (χ1n) is 8.16. The number of rotatable bonds is 8. The summed E-state index contributed by atoms with van der Waals surface area (Å²) in [5.41, 5.74) is 0.445. The number of carbonyl (C=O) groups is 1. The van der Waals surface area contributed by atoms with Crippen molar-refractivity contribution < 1.29 is 22.7 Å². The van der Waals surface area contributed by atoms with Crippen LogP contribution in [0.4, 0.5) is 0 Å². The molecule has 2 aromatic rings. The molecule has 0 saturated heterocycles. The third-order valence-electron chi connectivity index (χ3n) is 3.92. The first kappa shape index (κ1) is 20.5. The van der Waals surface area contributed by atoms with Crippen LogP contribution in [0.25, 0.3) is 0 Å². The predicted octanol–water partition coefficient (Wildman–Crippen LogP) is 0.671. The van der Waals surface area contributed by atoms with E-state index in [0.717, 1.165) is 5.69 Å². The lowest BCUT2D eigenvalue weighted by atomic mass is 10.3. The van der Waals surface area contributed by atoms with Gasteiger partial charge in [0, 0.05) is 31.5 Å². The number of methoxy groups -OCH3 is 1. The Kier molecular flexibility index (Phi) is 6.62. The van der Waals surface area contributed by atoms with Gasteiger partial charge in [-0.05, 0) is 31.2 Å². The van der Waals surface area contributed by atoms with Gasteiger partial charge >= 0.3 is 0 Å². The Labute approximate surface area is 157 Å². The summed E-state index contributed by atoms with van der Waals surface area (Å²) >= 11 is 0. The number of nitrogens with zero attached hydrogens (tertiary/aromatic N) is 1. The minimum atomic E-state index is -3.53. The Morgan fingerprint density at radius 3 is 2.52 bits per heavy atom. The topological polar surface area (TPSA) is 104 Å². The number of hydrogen-bond acceptors (Lipinski definition) is 6. The van der Waals surface area contributed by atoms with E-state index in [1.54, 1.807) is 30.7 Å². The third-order valence-corrected chi connectivity index (χ3v) is 5.65.